The number of aromatic nitrogens is 3. The molecule has 7 nitrogen and oxygen atoms in total. The Balaban J connectivity index is 1.88. The van der Waals surface area contributed by atoms with Crippen LogP contribution in [0.4, 0.5) is 0 Å². The zero-order valence-corrected chi connectivity index (χ0v) is 13.3. The molecule has 0 atom stereocenters. The summed E-state index contributed by atoms with van der Waals surface area (Å²) >= 11 is 0. The van der Waals surface area contributed by atoms with E-state index in [0.717, 1.165) is 35.3 Å². The molecule has 0 radical (unpaired) electrons. The first kappa shape index (κ1) is 15.5. The van der Waals surface area contributed by atoms with Crippen molar-refractivity contribution in [1.82, 2.24) is 20.1 Å². The molecule has 2 heterocycles. The Labute approximate surface area is 133 Å². The van der Waals surface area contributed by atoms with Crippen LogP contribution in [0.2, 0.25) is 0 Å². The molecule has 3 rings (SSSR count). The fourth-order valence-corrected chi connectivity index (χ4v) is 2.77. The predicted octanol–water partition coefficient (Wildman–Crippen LogP) is 1.75. The molecular formula is C16H20N4O3. The molecular weight excluding hydrogens is 296 g/mol. The van der Waals surface area contributed by atoms with Crippen molar-refractivity contribution in [2.75, 3.05) is 6.54 Å². The van der Waals surface area contributed by atoms with E-state index in [9.17, 15) is 9.59 Å². The molecule has 1 aliphatic carbocycles. The van der Waals surface area contributed by atoms with Crippen LogP contribution in [0, 0.1) is 6.92 Å². The minimum absolute atomic E-state index is 0.0469. The SMILES string of the molecule is Cc1nn(C)c2nc(C3CC3)cc(C(=O)NCCCC(=O)O)c12. The van der Waals surface area contributed by atoms with Crippen molar-refractivity contribution >= 4 is 22.9 Å². The van der Waals surface area contributed by atoms with Gasteiger partial charge in [-0.15, -0.1) is 0 Å². The molecule has 1 saturated carbocycles. The molecule has 1 fully saturated rings. The van der Waals surface area contributed by atoms with Gasteiger partial charge in [-0.3, -0.25) is 14.3 Å². The molecule has 1 aliphatic rings. The first-order valence-electron chi connectivity index (χ1n) is 7.81. The highest BCUT2D eigenvalue weighted by molar-refractivity contribution is 6.06. The van der Waals surface area contributed by atoms with Gasteiger partial charge < -0.3 is 10.4 Å². The van der Waals surface area contributed by atoms with E-state index in [1.54, 1.807) is 4.68 Å². The van der Waals surface area contributed by atoms with Crippen LogP contribution in [0.15, 0.2) is 6.07 Å². The number of aliphatic carboxylic acids is 1. The van der Waals surface area contributed by atoms with Gasteiger partial charge >= 0.3 is 5.97 Å². The maximum Gasteiger partial charge on any atom is 0.303 e. The second-order valence-corrected chi connectivity index (χ2v) is 6.03. The molecule has 0 spiro atoms. The average molecular weight is 316 g/mol. The number of carbonyl (C=O) groups excluding carboxylic acids is 1. The summed E-state index contributed by atoms with van der Waals surface area (Å²) in [6.07, 6.45) is 2.67. The fourth-order valence-electron chi connectivity index (χ4n) is 2.77. The number of nitrogens with zero attached hydrogens (tertiary/aromatic N) is 3. The van der Waals surface area contributed by atoms with Crippen LogP contribution in [0.25, 0.3) is 11.0 Å². The maximum atomic E-state index is 12.5. The highest BCUT2D eigenvalue weighted by Crippen LogP contribution is 2.40. The van der Waals surface area contributed by atoms with Gasteiger partial charge in [-0.2, -0.15) is 5.10 Å². The summed E-state index contributed by atoms with van der Waals surface area (Å²) in [5.41, 5.74) is 3.02. The normalized spacial score (nSPS) is 14.2. The van der Waals surface area contributed by atoms with Crippen LogP contribution in [0.5, 0.6) is 0 Å². The van der Waals surface area contributed by atoms with Crippen LogP contribution in [-0.4, -0.2) is 38.3 Å². The smallest absolute Gasteiger partial charge is 0.303 e. The van der Waals surface area contributed by atoms with Crippen molar-refractivity contribution in [1.29, 1.82) is 0 Å². The number of carbonyl (C=O) groups is 2. The van der Waals surface area contributed by atoms with Crippen LogP contribution in [-0.2, 0) is 11.8 Å². The van der Waals surface area contributed by atoms with Crippen molar-refractivity contribution in [2.24, 2.45) is 7.05 Å². The largest absolute Gasteiger partial charge is 0.481 e. The summed E-state index contributed by atoms with van der Waals surface area (Å²) in [7, 11) is 1.83. The number of carboxylic acid groups (broad SMARTS) is 1. The first-order chi connectivity index (χ1) is 11.0. The van der Waals surface area contributed by atoms with E-state index >= 15 is 0 Å². The molecule has 2 aromatic rings. The standard InChI is InChI=1S/C16H20N4O3/c1-9-14-11(16(23)17-7-3-4-13(21)22)8-12(10-5-6-10)18-15(14)20(2)19-9/h8,10H,3-7H2,1-2H3,(H,17,23)(H,21,22). The van der Waals surface area contributed by atoms with Crippen molar-refractivity contribution in [2.45, 2.75) is 38.5 Å². The van der Waals surface area contributed by atoms with Gasteiger partial charge in [0.1, 0.15) is 0 Å². The fraction of sp³-hybridized carbons (Fsp3) is 0.500. The first-order valence-corrected chi connectivity index (χ1v) is 7.81. The average Bonchev–Trinajstić information content (AvgIpc) is 3.30. The summed E-state index contributed by atoms with van der Waals surface area (Å²) in [6, 6.07) is 1.86. The monoisotopic (exact) mass is 316 g/mol. The number of aryl methyl sites for hydroxylation is 2. The lowest BCUT2D eigenvalue weighted by molar-refractivity contribution is -0.137. The second-order valence-electron chi connectivity index (χ2n) is 6.03. The van der Waals surface area contributed by atoms with Crippen molar-refractivity contribution in [3.63, 3.8) is 0 Å². The number of carboxylic acids is 1. The number of hydrogen-bond donors (Lipinski definition) is 2. The third-order valence-electron chi connectivity index (χ3n) is 4.08. The number of pyridine rings is 1. The Morgan fingerprint density at radius 3 is 2.83 bits per heavy atom. The lowest BCUT2D eigenvalue weighted by Gasteiger charge is -2.08. The van der Waals surface area contributed by atoms with Gasteiger partial charge in [0.25, 0.3) is 5.91 Å². The Kier molecular flexibility index (Phi) is 4.02. The van der Waals surface area contributed by atoms with E-state index in [4.69, 9.17) is 5.11 Å². The van der Waals surface area contributed by atoms with Gasteiger partial charge in [0, 0.05) is 31.6 Å². The summed E-state index contributed by atoms with van der Waals surface area (Å²) in [6.45, 7) is 2.20. The third kappa shape index (κ3) is 3.18. The molecule has 0 saturated heterocycles. The molecule has 2 N–H and O–H groups in total. The summed E-state index contributed by atoms with van der Waals surface area (Å²) in [5.74, 6) is -0.612. The molecule has 0 bridgehead atoms. The minimum Gasteiger partial charge on any atom is -0.481 e. The van der Waals surface area contributed by atoms with Crippen LogP contribution in [0.1, 0.15) is 53.3 Å². The van der Waals surface area contributed by atoms with E-state index in [0.29, 0.717) is 24.4 Å². The second kappa shape index (κ2) is 5.98. The molecule has 1 amide bonds. The Bertz CT molecular complexity index is 777. The molecule has 23 heavy (non-hydrogen) atoms. The Morgan fingerprint density at radius 1 is 1.43 bits per heavy atom. The third-order valence-corrected chi connectivity index (χ3v) is 4.08. The molecule has 0 aromatic carbocycles. The van der Waals surface area contributed by atoms with E-state index in [2.05, 4.69) is 15.4 Å². The van der Waals surface area contributed by atoms with Gasteiger partial charge in [0.2, 0.25) is 0 Å². The quantitative estimate of drug-likeness (QED) is 0.791. The van der Waals surface area contributed by atoms with Gasteiger partial charge in [-0.25, -0.2) is 4.98 Å². The van der Waals surface area contributed by atoms with Crippen LogP contribution >= 0.6 is 0 Å². The predicted molar refractivity (Wildman–Crippen MR) is 84.4 cm³/mol. The van der Waals surface area contributed by atoms with Crippen molar-refractivity contribution in [3.8, 4) is 0 Å². The molecule has 122 valence electrons. The zero-order chi connectivity index (χ0) is 16.6. The Hall–Kier alpha value is -2.44. The number of rotatable bonds is 6. The summed E-state index contributed by atoms with van der Waals surface area (Å²) < 4.78 is 1.71. The van der Waals surface area contributed by atoms with Crippen molar-refractivity contribution in [3.05, 3.63) is 23.0 Å². The molecule has 0 aliphatic heterocycles. The number of fused-ring (bicyclic) bond motifs is 1. The Morgan fingerprint density at radius 2 is 2.17 bits per heavy atom. The molecule has 2 aromatic heterocycles. The topological polar surface area (TPSA) is 97.1 Å². The highest BCUT2D eigenvalue weighted by atomic mass is 16.4. The van der Waals surface area contributed by atoms with E-state index in [1.807, 2.05) is 20.0 Å². The van der Waals surface area contributed by atoms with Gasteiger partial charge in [0.05, 0.1) is 16.6 Å². The number of amides is 1. The van der Waals surface area contributed by atoms with Gasteiger partial charge in [-0.05, 0) is 32.3 Å². The number of hydrogen-bond acceptors (Lipinski definition) is 4. The van der Waals surface area contributed by atoms with Gasteiger partial charge in [0.15, 0.2) is 5.65 Å². The van der Waals surface area contributed by atoms with E-state index in [-0.39, 0.29) is 12.3 Å². The van der Waals surface area contributed by atoms with Crippen LogP contribution < -0.4 is 5.32 Å². The zero-order valence-electron chi connectivity index (χ0n) is 13.3. The maximum absolute atomic E-state index is 12.5. The minimum atomic E-state index is -0.857. The highest BCUT2D eigenvalue weighted by Gasteiger charge is 2.28. The summed E-state index contributed by atoms with van der Waals surface area (Å²) in [5, 5.41) is 16.6. The molecule has 7 heteroatoms. The van der Waals surface area contributed by atoms with Gasteiger partial charge in [-0.1, -0.05) is 0 Å². The van der Waals surface area contributed by atoms with E-state index in [1.165, 1.54) is 0 Å². The lowest BCUT2D eigenvalue weighted by Crippen LogP contribution is -2.25. The van der Waals surface area contributed by atoms with Crippen LogP contribution in [0.3, 0.4) is 0 Å². The summed E-state index contributed by atoms with van der Waals surface area (Å²) in [4.78, 5) is 27.7. The molecule has 0 unspecified atom stereocenters. The van der Waals surface area contributed by atoms with Crippen molar-refractivity contribution < 1.29 is 14.7 Å². The van der Waals surface area contributed by atoms with E-state index < -0.39 is 5.97 Å². The lowest BCUT2D eigenvalue weighted by atomic mass is 10.1. The number of nitrogens with one attached hydrogen (secondary N) is 1.